The highest BCUT2D eigenvalue weighted by Crippen LogP contribution is 2.31. The van der Waals surface area contributed by atoms with E-state index in [0.717, 1.165) is 6.07 Å². The van der Waals surface area contributed by atoms with Crippen molar-refractivity contribution in [2.75, 3.05) is 31.7 Å². The number of hydrogen-bond acceptors (Lipinski definition) is 10. The van der Waals surface area contributed by atoms with Crippen LogP contribution in [0.3, 0.4) is 0 Å². The van der Waals surface area contributed by atoms with Gasteiger partial charge >= 0.3 is 23.6 Å². The molecule has 0 fully saturated rings. The van der Waals surface area contributed by atoms with Gasteiger partial charge in [0.2, 0.25) is 0 Å². The van der Waals surface area contributed by atoms with Gasteiger partial charge in [-0.05, 0) is 33.8 Å². The molecule has 0 spiro atoms. The number of hydrogen-bond donors (Lipinski definition) is 1. The van der Waals surface area contributed by atoms with Crippen LogP contribution < -0.4 is 5.32 Å². The predicted molar refractivity (Wildman–Crippen MR) is 100 cm³/mol. The van der Waals surface area contributed by atoms with Gasteiger partial charge in [-0.15, -0.1) is 0 Å². The average molecular weight is 412 g/mol. The number of rotatable bonds is 11. The molecule has 160 valence electrons. The molecule has 0 bridgehead atoms. The van der Waals surface area contributed by atoms with Crippen LogP contribution in [0.4, 0.5) is 11.4 Å². The predicted octanol–water partition coefficient (Wildman–Crippen LogP) is 2.04. The Hall–Kier alpha value is -3.21. The Balaban J connectivity index is 3.64. The lowest BCUT2D eigenvalue weighted by atomic mass is 10.1. The van der Waals surface area contributed by atoms with Gasteiger partial charge in [0.05, 0.1) is 30.4 Å². The first-order valence-corrected chi connectivity index (χ1v) is 8.99. The number of nitrogens with one attached hydrogen (secondary N) is 1. The van der Waals surface area contributed by atoms with Crippen molar-refractivity contribution in [1.29, 1.82) is 0 Å². The van der Waals surface area contributed by atoms with E-state index in [-0.39, 0.29) is 32.1 Å². The van der Waals surface area contributed by atoms with Gasteiger partial charge < -0.3 is 24.3 Å². The second-order valence-corrected chi connectivity index (χ2v) is 5.36. The first kappa shape index (κ1) is 23.8. The molecule has 1 aromatic rings. The van der Waals surface area contributed by atoms with Crippen LogP contribution >= 0.6 is 0 Å². The Kier molecular flexibility index (Phi) is 9.00. The molecular formula is C18H24N2O9. The SMILES string of the molecule is CCOC(=O)c1c(NC(OCC)(C(=O)OCC)C(=O)OCC)cccc1[N+](=O)[O-]. The van der Waals surface area contributed by atoms with Crippen molar-refractivity contribution in [3.8, 4) is 0 Å². The zero-order chi connectivity index (χ0) is 22.0. The van der Waals surface area contributed by atoms with Gasteiger partial charge in [-0.1, -0.05) is 6.07 Å². The summed E-state index contributed by atoms with van der Waals surface area (Å²) in [6.45, 7) is 5.79. The lowest BCUT2D eigenvalue weighted by Crippen LogP contribution is -2.57. The Labute approximate surface area is 167 Å². The Morgan fingerprint density at radius 2 is 1.52 bits per heavy atom. The fraction of sp³-hybridized carbons (Fsp3) is 0.500. The minimum atomic E-state index is -2.47. The third kappa shape index (κ3) is 5.41. The molecule has 0 saturated heterocycles. The van der Waals surface area contributed by atoms with Crippen molar-refractivity contribution in [2.24, 2.45) is 0 Å². The molecule has 0 heterocycles. The number of esters is 3. The minimum Gasteiger partial charge on any atom is -0.462 e. The number of benzene rings is 1. The summed E-state index contributed by atoms with van der Waals surface area (Å²) < 4.78 is 20.2. The lowest BCUT2D eigenvalue weighted by Gasteiger charge is -2.30. The Bertz CT molecular complexity index is 746. The third-order valence-electron chi connectivity index (χ3n) is 3.52. The molecular weight excluding hydrogens is 388 g/mol. The van der Waals surface area contributed by atoms with Crippen LogP contribution in [0.5, 0.6) is 0 Å². The molecule has 0 unspecified atom stereocenters. The molecule has 0 aliphatic rings. The van der Waals surface area contributed by atoms with Gasteiger partial charge in [0.25, 0.3) is 5.69 Å². The molecule has 11 nitrogen and oxygen atoms in total. The highest BCUT2D eigenvalue weighted by atomic mass is 16.6. The molecule has 0 atom stereocenters. The summed E-state index contributed by atoms with van der Waals surface area (Å²) in [5, 5.41) is 13.9. The van der Waals surface area contributed by atoms with Crippen molar-refractivity contribution in [1.82, 2.24) is 0 Å². The Morgan fingerprint density at radius 1 is 0.966 bits per heavy atom. The van der Waals surface area contributed by atoms with Gasteiger partial charge in [-0.3, -0.25) is 10.1 Å². The van der Waals surface area contributed by atoms with E-state index < -0.39 is 39.8 Å². The molecule has 0 saturated carbocycles. The molecule has 1 N–H and O–H groups in total. The van der Waals surface area contributed by atoms with Gasteiger partial charge in [-0.25, -0.2) is 14.4 Å². The lowest BCUT2D eigenvalue weighted by molar-refractivity contribution is -0.385. The maximum absolute atomic E-state index is 12.6. The topological polar surface area (TPSA) is 143 Å². The van der Waals surface area contributed by atoms with E-state index in [1.807, 2.05) is 0 Å². The summed E-state index contributed by atoms with van der Waals surface area (Å²) in [7, 11) is 0. The zero-order valence-electron chi connectivity index (χ0n) is 16.7. The summed E-state index contributed by atoms with van der Waals surface area (Å²) in [6.07, 6.45) is 0. The van der Waals surface area contributed by atoms with E-state index in [1.54, 1.807) is 0 Å². The molecule has 1 rings (SSSR count). The van der Waals surface area contributed by atoms with E-state index in [0.29, 0.717) is 0 Å². The zero-order valence-corrected chi connectivity index (χ0v) is 16.7. The fourth-order valence-corrected chi connectivity index (χ4v) is 2.43. The first-order chi connectivity index (χ1) is 13.8. The van der Waals surface area contributed by atoms with Crippen molar-refractivity contribution in [3.63, 3.8) is 0 Å². The molecule has 29 heavy (non-hydrogen) atoms. The highest BCUT2D eigenvalue weighted by Gasteiger charge is 2.52. The van der Waals surface area contributed by atoms with E-state index in [2.05, 4.69) is 5.32 Å². The van der Waals surface area contributed by atoms with Crippen molar-refractivity contribution >= 4 is 29.3 Å². The minimum absolute atomic E-state index is 0.0450. The maximum Gasteiger partial charge on any atom is 0.372 e. The summed E-state index contributed by atoms with van der Waals surface area (Å²) in [5.41, 5.74) is -3.76. The fourth-order valence-electron chi connectivity index (χ4n) is 2.43. The second kappa shape index (κ2) is 11.0. The van der Waals surface area contributed by atoms with Crippen LogP contribution in [0.2, 0.25) is 0 Å². The summed E-state index contributed by atoms with van der Waals surface area (Å²) in [6, 6.07) is 3.64. The summed E-state index contributed by atoms with van der Waals surface area (Å²) >= 11 is 0. The molecule has 0 aliphatic heterocycles. The van der Waals surface area contributed by atoms with Crippen LogP contribution in [0.25, 0.3) is 0 Å². The second-order valence-electron chi connectivity index (χ2n) is 5.36. The van der Waals surface area contributed by atoms with Crippen LogP contribution in [-0.4, -0.2) is 55.0 Å². The maximum atomic E-state index is 12.6. The van der Waals surface area contributed by atoms with E-state index in [1.165, 1.54) is 39.8 Å². The molecule has 11 heteroatoms. The highest BCUT2D eigenvalue weighted by molar-refractivity contribution is 6.08. The van der Waals surface area contributed by atoms with Crippen LogP contribution in [0, 0.1) is 10.1 Å². The van der Waals surface area contributed by atoms with Crippen molar-refractivity contribution in [2.45, 2.75) is 33.4 Å². The summed E-state index contributed by atoms with van der Waals surface area (Å²) in [5.74, 6) is -3.26. The van der Waals surface area contributed by atoms with Gasteiger partial charge in [-0.2, -0.15) is 0 Å². The quantitative estimate of drug-likeness (QED) is 0.143. The van der Waals surface area contributed by atoms with Gasteiger partial charge in [0, 0.05) is 12.7 Å². The van der Waals surface area contributed by atoms with E-state index in [9.17, 15) is 24.5 Å². The number of carbonyl (C=O) groups excluding carboxylic acids is 3. The van der Waals surface area contributed by atoms with Crippen molar-refractivity contribution < 1.29 is 38.3 Å². The molecule has 0 aromatic heterocycles. The third-order valence-corrected chi connectivity index (χ3v) is 3.52. The standard InChI is InChI=1S/C18H24N2O9/c1-5-26-15(21)14-12(10-9-11-13(14)20(24)25)19-18(29-8-4,16(22)27-6-2)17(23)28-7-3/h9-11,19H,5-8H2,1-4H3. The van der Waals surface area contributed by atoms with E-state index >= 15 is 0 Å². The largest absolute Gasteiger partial charge is 0.462 e. The van der Waals surface area contributed by atoms with Gasteiger partial charge in [0.15, 0.2) is 5.56 Å². The molecule has 0 radical (unpaired) electrons. The van der Waals surface area contributed by atoms with Crippen LogP contribution in [-0.2, 0) is 28.5 Å². The first-order valence-electron chi connectivity index (χ1n) is 8.99. The number of nitro groups is 1. The van der Waals surface area contributed by atoms with Gasteiger partial charge in [0.1, 0.15) is 0 Å². The monoisotopic (exact) mass is 412 g/mol. The Morgan fingerprint density at radius 3 is 1.97 bits per heavy atom. The van der Waals surface area contributed by atoms with Crippen molar-refractivity contribution in [3.05, 3.63) is 33.9 Å². The molecule has 0 aliphatic carbocycles. The number of ether oxygens (including phenoxy) is 4. The number of carbonyl (C=O) groups is 3. The molecule has 0 amide bonds. The smallest absolute Gasteiger partial charge is 0.372 e. The average Bonchev–Trinajstić information content (AvgIpc) is 2.67. The van der Waals surface area contributed by atoms with Crippen LogP contribution in [0.15, 0.2) is 18.2 Å². The van der Waals surface area contributed by atoms with E-state index in [4.69, 9.17) is 18.9 Å². The van der Waals surface area contributed by atoms with Crippen LogP contribution in [0.1, 0.15) is 38.1 Å². The normalized spacial score (nSPS) is 10.8. The number of nitrogens with zero attached hydrogens (tertiary/aromatic N) is 1. The number of anilines is 1. The number of nitro benzene ring substituents is 1. The molecule has 1 aromatic carbocycles. The summed E-state index contributed by atoms with van der Waals surface area (Å²) in [4.78, 5) is 48.3.